The highest BCUT2D eigenvalue weighted by Gasteiger charge is 2.30. The van der Waals surface area contributed by atoms with Crippen molar-refractivity contribution in [2.75, 3.05) is 0 Å². The predicted octanol–water partition coefficient (Wildman–Crippen LogP) is 6.69. The van der Waals surface area contributed by atoms with E-state index in [9.17, 15) is 22.4 Å². The summed E-state index contributed by atoms with van der Waals surface area (Å²) in [6.45, 7) is 1.60. The van der Waals surface area contributed by atoms with E-state index in [1.165, 1.54) is 42.5 Å². The van der Waals surface area contributed by atoms with Crippen molar-refractivity contribution < 1.29 is 41.5 Å². The van der Waals surface area contributed by atoms with Gasteiger partial charge in [-0.1, -0.05) is 30.3 Å². The number of benzene rings is 3. The van der Waals surface area contributed by atoms with E-state index < -0.39 is 29.6 Å². The van der Waals surface area contributed by atoms with E-state index in [1.807, 2.05) is 0 Å². The second-order valence-electron chi connectivity index (χ2n) is 7.29. The van der Waals surface area contributed by atoms with Gasteiger partial charge in [-0.15, -0.1) is 0 Å². The molecule has 1 unspecified atom stereocenters. The third-order valence-electron chi connectivity index (χ3n) is 5.00. The maximum atomic E-state index is 14.8. The van der Waals surface area contributed by atoms with E-state index in [4.69, 9.17) is 19.1 Å². The molecular formula is C24H17F4NO5. The van der Waals surface area contributed by atoms with E-state index in [0.717, 1.165) is 12.1 Å². The molecule has 6 nitrogen and oxygen atoms in total. The van der Waals surface area contributed by atoms with Crippen LogP contribution in [0.25, 0.3) is 22.2 Å². The third kappa shape index (κ3) is 4.66. The smallest absolute Gasteiger partial charge is 0.416 e. The van der Waals surface area contributed by atoms with Gasteiger partial charge in [0, 0.05) is 17.0 Å². The van der Waals surface area contributed by atoms with E-state index >= 15 is 0 Å². The van der Waals surface area contributed by atoms with Gasteiger partial charge < -0.3 is 19.1 Å². The Labute approximate surface area is 190 Å². The maximum absolute atomic E-state index is 14.8. The van der Waals surface area contributed by atoms with Gasteiger partial charge in [-0.25, -0.2) is 4.79 Å². The number of aliphatic carboxylic acids is 1. The molecule has 0 aliphatic heterocycles. The summed E-state index contributed by atoms with van der Waals surface area (Å²) in [6.07, 6.45) is -5.51. The molecule has 0 bridgehead atoms. The average molecular weight is 475 g/mol. The summed E-state index contributed by atoms with van der Waals surface area (Å²) in [4.78, 5) is 11.2. The zero-order chi connectivity index (χ0) is 24.5. The van der Waals surface area contributed by atoms with E-state index in [1.54, 1.807) is 13.0 Å². The van der Waals surface area contributed by atoms with Gasteiger partial charge >= 0.3 is 12.1 Å². The number of halogens is 4. The Bertz CT molecular complexity index is 1330. The Morgan fingerprint density at radius 3 is 2.44 bits per heavy atom. The lowest BCUT2D eigenvalue weighted by Gasteiger charge is -2.15. The number of carbonyl (C=O) groups is 1. The molecule has 0 aliphatic rings. The summed E-state index contributed by atoms with van der Waals surface area (Å²) in [6, 6.07) is 13.2. The molecule has 4 aromatic rings. The molecule has 3 aromatic carbocycles. The van der Waals surface area contributed by atoms with Crippen molar-refractivity contribution in [2.45, 2.75) is 25.6 Å². The van der Waals surface area contributed by atoms with E-state index in [0.29, 0.717) is 16.6 Å². The van der Waals surface area contributed by atoms with Crippen LogP contribution in [0.1, 0.15) is 18.9 Å². The van der Waals surface area contributed by atoms with Crippen LogP contribution in [0, 0.1) is 5.82 Å². The van der Waals surface area contributed by atoms with Crippen LogP contribution in [0.15, 0.2) is 65.2 Å². The molecule has 0 spiro atoms. The lowest BCUT2D eigenvalue weighted by atomic mass is 10.1. The lowest BCUT2D eigenvalue weighted by molar-refractivity contribution is -0.145. The SMILES string of the molecule is CCC(Oc1cccc(Oc2ccc3c(-c4ccc(C(F)(F)F)cc4)noc3c2)c1F)C(=O)O. The van der Waals surface area contributed by atoms with Crippen LogP contribution in [0.5, 0.6) is 17.2 Å². The van der Waals surface area contributed by atoms with Crippen molar-refractivity contribution in [3.05, 3.63) is 72.0 Å². The molecule has 0 fully saturated rings. The van der Waals surface area contributed by atoms with E-state index in [-0.39, 0.29) is 29.3 Å². The molecule has 1 aromatic heterocycles. The number of carboxylic acid groups (broad SMARTS) is 1. The topological polar surface area (TPSA) is 81.8 Å². The number of fused-ring (bicyclic) bond motifs is 1. The summed E-state index contributed by atoms with van der Waals surface area (Å²) in [7, 11) is 0. The number of ether oxygens (including phenoxy) is 2. The number of hydrogen-bond donors (Lipinski definition) is 1. The van der Waals surface area contributed by atoms with Gasteiger partial charge in [0.1, 0.15) is 11.4 Å². The van der Waals surface area contributed by atoms with Crippen LogP contribution in [-0.4, -0.2) is 22.3 Å². The van der Waals surface area contributed by atoms with Crippen molar-refractivity contribution in [1.29, 1.82) is 0 Å². The van der Waals surface area contributed by atoms with Gasteiger partial charge in [0.25, 0.3) is 0 Å². The molecule has 176 valence electrons. The Morgan fingerprint density at radius 1 is 1.09 bits per heavy atom. The van der Waals surface area contributed by atoms with Crippen molar-refractivity contribution in [2.24, 2.45) is 0 Å². The highest BCUT2D eigenvalue weighted by molar-refractivity contribution is 5.92. The zero-order valence-corrected chi connectivity index (χ0v) is 17.6. The molecule has 0 saturated heterocycles. The molecule has 0 amide bonds. The van der Waals surface area contributed by atoms with Crippen LogP contribution in [0.2, 0.25) is 0 Å². The molecule has 1 N–H and O–H groups in total. The van der Waals surface area contributed by atoms with Crippen molar-refractivity contribution >= 4 is 16.9 Å². The van der Waals surface area contributed by atoms with Crippen molar-refractivity contribution in [3.8, 4) is 28.5 Å². The molecule has 10 heteroatoms. The van der Waals surface area contributed by atoms with Crippen LogP contribution in [0.4, 0.5) is 17.6 Å². The molecule has 4 rings (SSSR count). The predicted molar refractivity (Wildman–Crippen MR) is 113 cm³/mol. The van der Waals surface area contributed by atoms with Crippen LogP contribution >= 0.6 is 0 Å². The maximum Gasteiger partial charge on any atom is 0.416 e. The highest BCUT2D eigenvalue weighted by Crippen LogP contribution is 2.36. The number of aromatic nitrogens is 1. The molecule has 1 heterocycles. The molecule has 1 atom stereocenters. The fourth-order valence-corrected chi connectivity index (χ4v) is 3.26. The number of hydrogen-bond acceptors (Lipinski definition) is 5. The van der Waals surface area contributed by atoms with Crippen LogP contribution in [0.3, 0.4) is 0 Å². The Morgan fingerprint density at radius 2 is 1.79 bits per heavy atom. The monoisotopic (exact) mass is 475 g/mol. The summed E-state index contributed by atoms with van der Waals surface area (Å²) >= 11 is 0. The highest BCUT2D eigenvalue weighted by atomic mass is 19.4. The zero-order valence-electron chi connectivity index (χ0n) is 17.6. The Hall–Kier alpha value is -4.08. The number of rotatable bonds is 7. The summed E-state index contributed by atoms with van der Waals surface area (Å²) in [5.74, 6) is -2.35. The summed E-state index contributed by atoms with van der Waals surface area (Å²) in [5.41, 5.74) is 0.273. The Balaban J connectivity index is 1.58. The van der Waals surface area contributed by atoms with Gasteiger partial charge in [0.15, 0.2) is 23.2 Å². The minimum Gasteiger partial charge on any atom is -0.479 e. The van der Waals surface area contributed by atoms with Gasteiger partial charge in [-0.05, 0) is 42.8 Å². The van der Waals surface area contributed by atoms with Gasteiger partial charge in [0.2, 0.25) is 5.82 Å². The normalized spacial score (nSPS) is 12.5. The first-order chi connectivity index (χ1) is 16.2. The molecule has 0 radical (unpaired) electrons. The van der Waals surface area contributed by atoms with E-state index in [2.05, 4.69) is 5.16 Å². The number of nitrogens with zero attached hydrogens (tertiary/aromatic N) is 1. The third-order valence-corrected chi connectivity index (χ3v) is 5.00. The average Bonchev–Trinajstić information content (AvgIpc) is 3.22. The van der Waals surface area contributed by atoms with Gasteiger partial charge in [-0.2, -0.15) is 17.6 Å². The largest absolute Gasteiger partial charge is 0.479 e. The standard InChI is InChI=1S/C24H17F4NO5/c1-2-17(23(30)31)33-19-5-3-4-18(21(19)25)32-15-10-11-16-20(12-15)34-29-22(16)13-6-8-14(9-7-13)24(26,27)28/h3-12,17H,2H2,1H3,(H,30,31). The minimum atomic E-state index is -4.45. The van der Waals surface area contributed by atoms with Crippen LogP contribution in [-0.2, 0) is 11.0 Å². The van der Waals surface area contributed by atoms with Gasteiger partial charge in [0.05, 0.1) is 5.56 Å². The Kier molecular flexibility index (Phi) is 6.14. The molecule has 34 heavy (non-hydrogen) atoms. The van der Waals surface area contributed by atoms with Gasteiger partial charge in [-0.3, -0.25) is 0 Å². The van der Waals surface area contributed by atoms with Crippen LogP contribution < -0.4 is 9.47 Å². The second kappa shape index (κ2) is 9.05. The number of alkyl halides is 3. The summed E-state index contributed by atoms with van der Waals surface area (Å²) in [5, 5.41) is 13.6. The fourth-order valence-electron chi connectivity index (χ4n) is 3.26. The lowest BCUT2D eigenvalue weighted by Crippen LogP contribution is -2.26. The number of carboxylic acids is 1. The first-order valence-electron chi connectivity index (χ1n) is 10.1. The fraction of sp³-hybridized carbons (Fsp3) is 0.167. The van der Waals surface area contributed by atoms with Crippen molar-refractivity contribution in [1.82, 2.24) is 5.16 Å². The molecular weight excluding hydrogens is 458 g/mol. The molecule has 0 saturated carbocycles. The van der Waals surface area contributed by atoms with Crippen molar-refractivity contribution in [3.63, 3.8) is 0 Å². The minimum absolute atomic E-state index is 0.142. The quantitative estimate of drug-likeness (QED) is 0.300. The summed E-state index contributed by atoms with van der Waals surface area (Å²) < 4.78 is 69.3. The second-order valence-corrected chi connectivity index (χ2v) is 7.29. The first-order valence-corrected chi connectivity index (χ1v) is 10.1. The first kappa shape index (κ1) is 23.1. The molecule has 0 aliphatic carbocycles.